The molecule has 94 valence electrons. The second-order valence-corrected chi connectivity index (χ2v) is 4.20. The fraction of sp³-hybridized carbons (Fsp3) is 0.600. The summed E-state index contributed by atoms with van der Waals surface area (Å²) in [4.78, 5) is 10.2. The van der Waals surface area contributed by atoms with Crippen LogP contribution >= 0.6 is 11.6 Å². The van der Waals surface area contributed by atoms with Crippen molar-refractivity contribution in [2.24, 2.45) is 0 Å². The Bertz CT molecular complexity index is 349. The van der Waals surface area contributed by atoms with Crippen molar-refractivity contribution in [1.29, 1.82) is 0 Å². The van der Waals surface area contributed by atoms with E-state index in [1.807, 2.05) is 0 Å². The second kappa shape index (κ2) is 6.00. The Morgan fingerprint density at radius 1 is 1.41 bits per heavy atom. The largest absolute Gasteiger partial charge is 0.379 e. The molecular weight excluding hydrogens is 242 g/mol. The fourth-order valence-electron chi connectivity index (χ4n) is 1.69. The molecule has 0 atom stereocenters. The second-order valence-electron chi connectivity index (χ2n) is 3.81. The fourth-order valence-corrected chi connectivity index (χ4v) is 1.88. The van der Waals surface area contributed by atoms with Crippen molar-refractivity contribution in [3.63, 3.8) is 0 Å². The van der Waals surface area contributed by atoms with E-state index in [1.54, 1.807) is 6.07 Å². The normalized spacial score (nSPS) is 17.0. The lowest BCUT2D eigenvalue weighted by atomic mass is 10.4. The summed E-state index contributed by atoms with van der Waals surface area (Å²) in [6, 6.07) is 1.66. The molecule has 0 unspecified atom stereocenters. The highest BCUT2D eigenvalue weighted by molar-refractivity contribution is 6.29. The lowest BCUT2D eigenvalue weighted by Gasteiger charge is -2.26. The van der Waals surface area contributed by atoms with Gasteiger partial charge in [0.05, 0.1) is 13.2 Å². The van der Waals surface area contributed by atoms with Gasteiger partial charge in [0, 0.05) is 32.2 Å². The Morgan fingerprint density at radius 3 is 2.88 bits per heavy atom. The Kier molecular flexibility index (Phi) is 4.36. The minimum absolute atomic E-state index is 0.186. The topological polar surface area (TPSA) is 76.3 Å². The van der Waals surface area contributed by atoms with Gasteiger partial charge in [0.15, 0.2) is 0 Å². The van der Waals surface area contributed by atoms with Gasteiger partial charge in [0.2, 0.25) is 5.95 Å². The molecule has 1 aromatic rings. The van der Waals surface area contributed by atoms with E-state index in [2.05, 4.69) is 20.2 Å². The minimum atomic E-state index is 0.186. The zero-order chi connectivity index (χ0) is 12.1. The predicted molar refractivity (Wildman–Crippen MR) is 67.2 cm³/mol. The zero-order valence-electron chi connectivity index (χ0n) is 9.53. The summed E-state index contributed by atoms with van der Waals surface area (Å²) >= 11 is 5.78. The Morgan fingerprint density at radius 2 is 2.18 bits per heavy atom. The Hall–Kier alpha value is -1.11. The molecule has 2 heterocycles. The molecular formula is C10H16ClN5O. The quantitative estimate of drug-likeness (QED) is 0.763. The van der Waals surface area contributed by atoms with Crippen LogP contribution in [0.5, 0.6) is 0 Å². The van der Waals surface area contributed by atoms with Gasteiger partial charge >= 0.3 is 0 Å². The summed E-state index contributed by atoms with van der Waals surface area (Å²) in [6.45, 7) is 5.33. The van der Waals surface area contributed by atoms with Crippen LogP contribution in [0.1, 0.15) is 0 Å². The minimum Gasteiger partial charge on any atom is -0.379 e. The molecule has 0 amide bonds. The van der Waals surface area contributed by atoms with Gasteiger partial charge < -0.3 is 15.8 Å². The van der Waals surface area contributed by atoms with Crippen molar-refractivity contribution in [1.82, 2.24) is 14.9 Å². The van der Waals surface area contributed by atoms with E-state index in [0.29, 0.717) is 11.0 Å². The molecule has 0 saturated carbocycles. The monoisotopic (exact) mass is 257 g/mol. The third-order valence-corrected chi connectivity index (χ3v) is 2.74. The summed E-state index contributed by atoms with van der Waals surface area (Å²) in [7, 11) is 0. The molecule has 0 spiro atoms. The molecule has 1 aliphatic rings. The van der Waals surface area contributed by atoms with Crippen LogP contribution in [0.2, 0.25) is 5.15 Å². The van der Waals surface area contributed by atoms with E-state index in [0.717, 1.165) is 39.4 Å². The first-order valence-corrected chi connectivity index (χ1v) is 5.96. The molecule has 1 saturated heterocycles. The van der Waals surface area contributed by atoms with Crippen molar-refractivity contribution in [2.75, 3.05) is 50.4 Å². The van der Waals surface area contributed by atoms with Crippen molar-refractivity contribution in [2.45, 2.75) is 0 Å². The van der Waals surface area contributed by atoms with Gasteiger partial charge in [0.1, 0.15) is 11.0 Å². The van der Waals surface area contributed by atoms with E-state index >= 15 is 0 Å². The van der Waals surface area contributed by atoms with Crippen molar-refractivity contribution in [3.05, 3.63) is 11.2 Å². The maximum atomic E-state index is 5.78. The average Bonchev–Trinajstić information content (AvgIpc) is 2.29. The number of nitrogens with one attached hydrogen (secondary N) is 1. The van der Waals surface area contributed by atoms with Crippen molar-refractivity contribution < 1.29 is 4.74 Å². The highest BCUT2D eigenvalue weighted by atomic mass is 35.5. The number of aromatic nitrogens is 2. The molecule has 0 bridgehead atoms. The van der Waals surface area contributed by atoms with Gasteiger partial charge in [-0.05, 0) is 0 Å². The van der Waals surface area contributed by atoms with Gasteiger partial charge in [-0.2, -0.15) is 4.98 Å². The standard InChI is InChI=1S/C10H16ClN5O/c11-8-7-9(15-10(12)14-8)13-1-2-16-3-5-17-6-4-16/h7H,1-6H2,(H3,12,13,14,15). The predicted octanol–water partition coefficient (Wildman–Crippen LogP) is 0.456. The summed E-state index contributed by atoms with van der Waals surface area (Å²) in [5.74, 6) is 0.849. The molecule has 7 heteroatoms. The molecule has 0 aromatic carbocycles. The van der Waals surface area contributed by atoms with Gasteiger partial charge in [-0.15, -0.1) is 0 Å². The van der Waals surface area contributed by atoms with Crippen LogP contribution in [0.15, 0.2) is 6.07 Å². The van der Waals surface area contributed by atoms with Gasteiger partial charge in [-0.25, -0.2) is 4.98 Å². The van der Waals surface area contributed by atoms with Gasteiger partial charge in [-0.3, -0.25) is 4.90 Å². The van der Waals surface area contributed by atoms with Crippen LogP contribution in [0, 0.1) is 0 Å². The number of halogens is 1. The SMILES string of the molecule is Nc1nc(Cl)cc(NCCN2CCOCC2)n1. The molecule has 1 aromatic heterocycles. The summed E-state index contributed by atoms with van der Waals surface area (Å²) in [6.07, 6.45) is 0. The van der Waals surface area contributed by atoms with Crippen LogP contribution in [-0.2, 0) is 4.74 Å². The number of ether oxygens (including phenoxy) is 1. The molecule has 2 rings (SSSR count). The number of nitrogens with two attached hydrogens (primary N) is 1. The van der Waals surface area contributed by atoms with Crippen LogP contribution < -0.4 is 11.1 Å². The first-order valence-electron chi connectivity index (χ1n) is 5.58. The van der Waals surface area contributed by atoms with E-state index in [4.69, 9.17) is 22.1 Å². The average molecular weight is 258 g/mol. The van der Waals surface area contributed by atoms with Gasteiger partial charge in [0.25, 0.3) is 0 Å². The van der Waals surface area contributed by atoms with E-state index in [1.165, 1.54) is 0 Å². The molecule has 1 aliphatic heterocycles. The molecule has 3 N–H and O–H groups in total. The summed E-state index contributed by atoms with van der Waals surface area (Å²) < 4.78 is 5.28. The summed E-state index contributed by atoms with van der Waals surface area (Å²) in [5.41, 5.74) is 5.50. The molecule has 1 fully saturated rings. The number of hydrogen-bond acceptors (Lipinski definition) is 6. The lowest BCUT2D eigenvalue weighted by Crippen LogP contribution is -2.39. The van der Waals surface area contributed by atoms with E-state index in [-0.39, 0.29) is 5.95 Å². The van der Waals surface area contributed by atoms with Crippen LogP contribution in [0.4, 0.5) is 11.8 Å². The van der Waals surface area contributed by atoms with Gasteiger partial charge in [-0.1, -0.05) is 11.6 Å². The maximum absolute atomic E-state index is 5.78. The molecule has 0 radical (unpaired) electrons. The highest BCUT2D eigenvalue weighted by Crippen LogP contribution is 2.11. The smallest absolute Gasteiger partial charge is 0.223 e. The van der Waals surface area contributed by atoms with Crippen LogP contribution in [0.25, 0.3) is 0 Å². The number of rotatable bonds is 4. The number of anilines is 2. The Balaban J connectivity index is 1.77. The number of nitrogen functional groups attached to an aromatic ring is 1. The third kappa shape index (κ3) is 3.99. The first-order chi connectivity index (χ1) is 8.24. The van der Waals surface area contributed by atoms with Crippen LogP contribution in [0.3, 0.4) is 0 Å². The zero-order valence-corrected chi connectivity index (χ0v) is 10.3. The molecule has 0 aliphatic carbocycles. The van der Waals surface area contributed by atoms with Crippen molar-refractivity contribution >= 4 is 23.4 Å². The third-order valence-electron chi connectivity index (χ3n) is 2.55. The van der Waals surface area contributed by atoms with Crippen molar-refractivity contribution in [3.8, 4) is 0 Å². The first kappa shape index (κ1) is 12.3. The Labute approximate surface area is 105 Å². The number of hydrogen-bond donors (Lipinski definition) is 2. The van der Waals surface area contributed by atoms with Crippen LogP contribution in [-0.4, -0.2) is 54.3 Å². The maximum Gasteiger partial charge on any atom is 0.223 e. The molecule has 6 nitrogen and oxygen atoms in total. The lowest BCUT2D eigenvalue weighted by molar-refractivity contribution is 0.0398. The van der Waals surface area contributed by atoms with E-state index in [9.17, 15) is 0 Å². The highest BCUT2D eigenvalue weighted by Gasteiger charge is 2.09. The number of morpholine rings is 1. The summed E-state index contributed by atoms with van der Waals surface area (Å²) in [5, 5.41) is 3.53. The van der Waals surface area contributed by atoms with E-state index < -0.39 is 0 Å². The molecule has 17 heavy (non-hydrogen) atoms. The number of nitrogens with zero attached hydrogens (tertiary/aromatic N) is 3.